The number of ether oxygens (including phenoxy) is 1. The van der Waals surface area contributed by atoms with E-state index in [1.807, 2.05) is 33.3 Å². The van der Waals surface area contributed by atoms with Crippen molar-refractivity contribution in [3.8, 4) is 0 Å². The minimum atomic E-state index is -4.47. The molecule has 0 rings (SSSR count). The van der Waals surface area contributed by atoms with Crippen LogP contribution < -0.4 is 5.32 Å². The van der Waals surface area contributed by atoms with Gasteiger partial charge in [0.15, 0.2) is 0 Å². The molecule has 0 saturated heterocycles. The summed E-state index contributed by atoms with van der Waals surface area (Å²) in [6, 6.07) is -0.874. The number of quaternary nitrogens is 1. The van der Waals surface area contributed by atoms with E-state index in [0.29, 0.717) is 23.9 Å². The maximum absolute atomic E-state index is 13.6. The molecule has 0 fully saturated rings. The standard InChI is InChI=1S/C67H117N2O7P/c1-7-10-13-16-19-22-25-28-30-31-32-33-34-35-36-37-39-41-44-47-50-53-56-59-66(70)68-64(63-75-77(72,73)74-62-61-69(4,5)6)65(58-55-52-49-46-43-40-27-24-21-18-15-12-9-3)76-67(71)60-57-54-51-48-45-42-38-29-26-23-20-17-14-11-8-2/h10,13,19-20,22-23,26,28-30,32-33,35-36,39,41,55,58,64-65H,7-9,11-12,14-18,21,24-25,27,31,34,37-38,40,42-54,56-57,59-63H2,1-6H3,(H-,68,70,72,73)/p+1/b13-10-,22-19-,23-20+,29-26+,30-28-,33-32-,36-35-,41-39-,58-55-. The van der Waals surface area contributed by atoms with Crippen LogP contribution in [0.25, 0.3) is 0 Å². The second kappa shape index (κ2) is 56.0. The average molecular weight is 1090 g/mol. The number of allylic oxidation sites excluding steroid dienone is 17. The molecule has 0 heterocycles. The van der Waals surface area contributed by atoms with Gasteiger partial charge < -0.3 is 19.4 Å². The fraction of sp³-hybridized carbons (Fsp3) is 0.701. The molecule has 9 nitrogen and oxygen atoms in total. The van der Waals surface area contributed by atoms with Gasteiger partial charge in [0.1, 0.15) is 19.3 Å². The van der Waals surface area contributed by atoms with Crippen molar-refractivity contribution >= 4 is 19.7 Å². The van der Waals surface area contributed by atoms with Crippen molar-refractivity contribution < 1.29 is 37.3 Å². The van der Waals surface area contributed by atoms with Crippen LogP contribution in [0.5, 0.6) is 0 Å². The van der Waals surface area contributed by atoms with Crippen LogP contribution in [0.1, 0.15) is 252 Å². The van der Waals surface area contributed by atoms with Crippen LogP contribution in [0.4, 0.5) is 0 Å². The fourth-order valence-electron chi connectivity index (χ4n) is 8.40. The van der Waals surface area contributed by atoms with Crippen molar-refractivity contribution in [1.29, 1.82) is 0 Å². The SMILES string of the molecule is CC/C=C\C/C=C\C/C=C\C/C=C\C/C=C\C/C=C\CCCCCCC(=O)NC(COP(=O)(O)OCC[N+](C)(C)C)C(/C=C\CCCCCCCCCCCCC)OC(=O)CCCCCCCC/C=C/C=C/CCCCC. The monoisotopic (exact) mass is 1090 g/mol. The molecule has 0 aliphatic rings. The predicted octanol–water partition coefficient (Wildman–Crippen LogP) is 19.3. The molecule has 1 amide bonds. The number of esters is 1. The van der Waals surface area contributed by atoms with Crippen molar-refractivity contribution in [1.82, 2.24) is 5.32 Å². The smallest absolute Gasteiger partial charge is 0.456 e. The van der Waals surface area contributed by atoms with Crippen LogP contribution in [0.15, 0.2) is 109 Å². The number of nitrogens with zero attached hydrogens (tertiary/aromatic N) is 1. The quantitative estimate of drug-likeness (QED) is 0.0156. The molecule has 10 heteroatoms. The second-order valence-corrected chi connectivity index (χ2v) is 23.3. The van der Waals surface area contributed by atoms with Crippen molar-refractivity contribution in [3.05, 3.63) is 109 Å². The Hall–Kier alpha value is -3.33. The first-order chi connectivity index (χ1) is 37.4. The maximum Gasteiger partial charge on any atom is 0.472 e. The molecule has 77 heavy (non-hydrogen) atoms. The molecule has 0 saturated carbocycles. The van der Waals surface area contributed by atoms with Gasteiger partial charge in [0, 0.05) is 12.8 Å². The lowest BCUT2D eigenvalue weighted by Gasteiger charge is -2.27. The predicted molar refractivity (Wildman–Crippen MR) is 332 cm³/mol. The van der Waals surface area contributed by atoms with Crippen LogP contribution in [0.2, 0.25) is 0 Å². The van der Waals surface area contributed by atoms with Gasteiger partial charge in [-0.3, -0.25) is 18.6 Å². The highest BCUT2D eigenvalue weighted by atomic mass is 31.2. The molecule has 0 radical (unpaired) electrons. The number of carbonyl (C=O) groups is 2. The van der Waals surface area contributed by atoms with Gasteiger partial charge >= 0.3 is 13.8 Å². The number of carbonyl (C=O) groups excluding carboxylic acids is 2. The van der Waals surface area contributed by atoms with Crippen molar-refractivity contribution in [3.63, 3.8) is 0 Å². The molecule has 3 unspecified atom stereocenters. The van der Waals surface area contributed by atoms with E-state index in [1.54, 1.807) is 0 Å². The first kappa shape index (κ1) is 73.7. The molecule has 442 valence electrons. The number of likely N-dealkylation sites (N-methyl/N-ethyl adjacent to an activating group) is 1. The molecular weight excluding hydrogens is 976 g/mol. The van der Waals surface area contributed by atoms with Gasteiger partial charge in [-0.15, -0.1) is 0 Å². The summed E-state index contributed by atoms with van der Waals surface area (Å²) < 4.78 is 30.7. The topological polar surface area (TPSA) is 111 Å². The third kappa shape index (κ3) is 57.2. The summed E-state index contributed by atoms with van der Waals surface area (Å²) in [5.41, 5.74) is 0. The molecule has 0 aromatic rings. The van der Waals surface area contributed by atoms with Crippen LogP contribution in [-0.2, 0) is 27.9 Å². The summed E-state index contributed by atoms with van der Waals surface area (Å²) in [7, 11) is 1.46. The number of hydrogen-bond donors (Lipinski definition) is 2. The van der Waals surface area contributed by atoms with Crippen LogP contribution in [-0.4, -0.2) is 74.3 Å². The Kier molecular flexibility index (Phi) is 53.5. The molecule has 0 aliphatic heterocycles. The van der Waals surface area contributed by atoms with Gasteiger partial charge in [-0.1, -0.05) is 240 Å². The Morgan fingerprint density at radius 2 is 0.870 bits per heavy atom. The van der Waals surface area contributed by atoms with E-state index < -0.39 is 20.0 Å². The summed E-state index contributed by atoms with van der Waals surface area (Å²) >= 11 is 0. The summed E-state index contributed by atoms with van der Waals surface area (Å²) in [5, 5.41) is 3.04. The van der Waals surface area contributed by atoms with E-state index in [-0.39, 0.29) is 31.5 Å². The van der Waals surface area contributed by atoms with E-state index in [1.165, 1.54) is 83.5 Å². The second-order valence-electron chi connectivity index (χ2n) is 21.9. The zero-order valence-corrected chi connectivity index (χ0v) is 51.3. The van der Waals surface area contributed by atoms with Gasteiger partial charge in [-0.2, -0.15) is 0 Å². The summed E-state index contributed by atoms with van der Waals surface area (Å²) in [6.45, 7) is 6.83. The minimum absolute atomic E-state index is 0.0274. The third-order valence-corrected chi connectivity index (χ3v) is 14.2. The average Bonchev–Trinajstić information content (AvgIpc) is 3.39. The summed E-state index contributed by atoms with van der Waals surface area (Å²) in [6.07, 6.45) is 76.5. The third-order valence-electron chi connectivity index (χ3n) is 13.2. The van der Waals surface area contributed by atoms with E-state index in [4.69, 9.17) is 13.8 Å². The minimum Gasteiger partial charge on any atom is -0.456 e. The number of unbranched alkanes of at least 4 members (excludes halogenated alkanes) is 24. The van der Waals surface area contributed by atoms with Crippen LogP contribution >= 0.6 is 7.82 Å². The van der Waals surface area contributed by atoms with Crippen molar-refractivity contribution in [2.24, 2.45) is 0 Å². The Morgan fingerprint density at radius 3 is 1.35 bits per heavy atom. The molecular formula is C67H118N2O7P+. The molecule has 0 aromatic heterocycles. The highest BCUT2D eigenvalue weighted by Gasteiger charge is 2.30. The molecule has 2 N–H and O–H groups in total. The lowest BCUT2D eigenvalue weighted by Crippen LogP contribution is -2.47. The van der Waals surface area contributed by atoms with Crippen molar-refractivity contribution in [2.45, 2.75) is 264 Å². The van der Waals surface area contributed by atoms with Gasteiger partial charge in [0.05, 0.1) is 33.8 Å². The largest absolute Gasteiger partial charge is 0.472 e. The zero-order chi connectivity index (χ0) is 56.4. The molecule has 0 bridgehead atoms. The molecule has 0 aromatic carbocycles. The summed E-state index contributed by atoms with van der Waals surface area (Å²) in [5.74, 6) is -0.553. The molecule has 0 aliphatic carbocycles. The lowest BCUT2D eigenvalue weighted by atomic mass is 10.0. The Balaban J connectivity index is 5.34. The van der Waals surface area contributed by atoms with Crippen molar-refractivity contribution in [2.75, 3.05) is 40.9 Å². The van der Waals surface area contributed by atoms with Gasteiger partial charge in [-0.25, -0.2) is 4.57 Å². The normalized spacial score (nSPS) is 14.4. The zero-order valence-electron chi connectivity index (χ0n) is 50.4. The maximum atomic E-state index is 13.6. The molecule has 3 atom stereocenters. The van der Waals surface area contributed by atoms with E-state index in [0.717, 1.165) is 128 Å². The number of phosphoric acid groups is 1. The number of amides is 1. The van der Waals surface area contributed by atoms with Gasteiger partial charge in [0.2, 0.25) is 5.91 Å². The number of rotatable bonds is 55. The fourth-order valence-corrected chi connectivity index (χ4v) is 9.14. The van der Waals surface area contributed by atoms with Crippen LogP contribution in [0, 0.1) is 0 Å². The lowest BCUT2D eigenvalue weighted by molar-refractivity contribution is -0.870. The number of phosphoric ester groups is 1. The highest BCUT2D eigenvalue weighted by Crippen LogP contribution is 2.43. The first-order valence-corrected chi connectivity index (χ1v) is 32.7. The highest BCUT2D eigenvalue weighted by molar-refractivity contribution is 7.47. The van der Waals surface area contributed by atoms with E-state index >= 15 is 0 Å². The Morgan fingerprint density at radius 1 is 0.481 bits per heavy atom. The Labute approximate surface area is 474 Å². The van der Waals surface area contributed by atoms with Crippen LogP contribution in [0.3, 0.4) is 0 Å². The van der Waals surface area contributed by atoms with E-state index in [9.17, 15) is 19.0 Å². The Bertz CT molecular complexity index is 1690. The van der Waals surface area contributed by atoms with Gasteiger partial charge in [0.25, 0.3) is 0 Å². The summed E-state index contributed by atoms with van der Waals surface area (Å²) in [4.78, 5) is 37.7. The number of nitrogens with one attached hydrogen (secondary N) is 1. The van der Waals surface area contributed by atoms with E-state index in [2.05, 4.69) is 123 Å². The molecule has 0 spiro atoms. The number of hydrogen-bond acceptors (Lipinski definition) is 6. The van der Waals surface area contributed by atoms with Gasteiger partial charge in [-0.05, 0) is 109 Å². The first-order valence-electron chi connectivity index (χ1n) is 31.2.